The second-order valence-corrected chi connectivity index (χ2v) is 10.2. The summed E-state index contributed by atoms with van der Waals surface area (Å²) in [5.41, 5.74) is 5.67. The Morgan fingerprint density at radius 1 is 1.17 bits per heavy atom. The van der Waals surface area contributed by atoms with Gasteiger partial charge in [0.2, 0.25) is 0 Å². The van der Waals surface area contributed by atoms with E-state index >= 15 is 0 Å². The van der Waals surface area contributed by atoms with Crippen molar-refractivity contribution in [1.82, 2.24) is 29.6 Å². The summed E-state index contributed by atoms with van der Waals surface area (Å²) in [5.74, 6) is -0.179. The number of fused-ring (bicyclic) bond motifs is 1. The number of aliphatic hydroxyl groups excluding tert-OH is 1. The maximum absolute atomic E-state index is 13.2. The van der Waals surface area contributed by atoms with Crippen molar-refractivity contribution in [3.05, 3.63) is 82.2 Å². The molecule has 0 bridgehead atoms. The van der Waals surface area contributed by atoms with E-state index in [1.807, 2.05) is 67.4 Å². The van der Waals surface area contributed by atoms with E-state index in [2.05, 4.69) is 21.6 Å². The number of amides is 1. The van der Waals surface area contributed by atoms with Crippen LogP contribution in [0.25, 0.3) is 22.3 Å². The molecule has 10 heteroatoms. The van der Waals surface area contributed by atoms with Crippen LogP contribution in [0.5, 0.6) is 0 Å². The third-order valence-corrected chi connectivity index (χ3v) is 7.65. The predicted octanol–water partition coefficient (Wildman–Crippen LogP) is 3.93. The van der Waals surface area contributed by atoms with E-state index in [1.54, 1.807) is 22.9 Å². The average molecular weight is 509 g/mol. The minimum atomic E-state index is -0.539. The number of hydrogen-bond donors (Lipinski definition) is 2. The lowest BCUT2D eigenvalue weighted by atomic mass is 10.1. The smallest absolute Gasteiger partial charge is 0.254 e. The molecule has 4 aromatic rings. The molecule has 0 radical (unpaired) electrons. The van der Waals surface area contributed by atoms with E-state index in [-0.39, 0.29) is 12.5 Å². The number of nitrogens with one attached hydrogen (secondary N) is 1. The van der Waals surface area contributed by atoms with Gasteiger partial charge in [0, 0.05) is 53.1 Å². The number of nitrogens with zero attached hydrogens (tertiary/aromatic N) is 5. The number of halogens is 1. The summed E-state index contributed by atoms with van der Waals surface area (Å²) in [7, 11) is 3.80. The highest BCUT2D eigenvalue weighted by atomic mass is 35.5. The molecule has 1 aromatic carbocycles. The third-order valence-electron chi connectivity index (χ3n) is 6.11. The number of pyridine rings is 1. The van der Waals surface area contributed by atoms with Crippen molar-refractivity contribution in [3.8, 4) is 11.1 Å². The van der Waals surface area contributed by atoms with Crippen LogP contribution in [0.2, 0.25) is 5.02 Å². The Bertz CT molecular complexity index is 1440. The number of thioether (sulfide) groups is 1. The summed E-state index contributed by atoms with van der Waals surface area (Å²) >= 11 is 7.58. The molecule has 2 atom stereocenters. The fourth-order valence-corrected chi connectivity index (χ4v) is 5.72. The van der Waals surface area contributed by atoms with Crippen LogP contribution in [-0.2, 0) is 11.8 Å². The molecule has 1 aliphatic heterocycles. The van der Waals surface area contributed by atoms with E-state index in [9.17, 15) is 9.90 Å². The highest BCUT2D eigenvalue weighted by molar-refractivity contribution is 8.04. The Morgan fingerprint density at radius 3 is 2.71 bits per heavy atom. The summed E-state index contributed by atoms with van der Waals surface area (Å²) < 4.78 is 3.62. The third kappa shape index (κ3) is 4.42. The van der Waals surface area contributed by atoms with Crippen molar-refractivity contribution in [2.24, 2.45) is 7.05 Å². The molecule has 2 unspecified atom stereocenters. The number of allylic oxidation sites excluding steroid dienone is 1. The molecule has 35 heavy (non-hydrogen) atoms. The summed E-state index contributed by atoms with van der Waals surface area (Å²) in [6.45, 7) is 1.79. The van der Waals surface area contributed by atoms with Crippen LogP contribution < -0.4 is 5.32 Å². The first kappa shape index (κ1) is 23.5. The molecule has 5 rings (SSSR count). The number of aromatic nitrogens is 4. The number of aryl methyl sites for hydroxylation is 1. The predicted molar refractivity (Wildman–Crippen MR) is 139 cm³/mol. The first-order valence-electron chi connectivity index (χ1n) is 11.1. The monoisotopic (exact) mass is 508 g/mol. The molecule has 0 aliphatic carbocycles. The molecule has 4 heterocycles. The molecule has 0 fully saturated rings. The van der Waals surface area contributed by atoms with Crippen LogP contribution in [-0.4, -0.2) is 54.3 Å². The van der Waals surface area contributed by atoms with Crippen LogP contribution in [0.1, 0.15) is 24.1 Å². The number of likely N-dealkylation sites (N-methyl/N-ethyl adjacent to an activating group) is 1. The van der Waals surface area contributed by atoms with Gasteiger partial charge >= 0.3 is 0 Å². The minimum absolute atomic E-state index is 0.179. The lowest BCUT2D eigenvalue weighted by Gasteiger charge is -2.26. The zero-order valence-electron chi connectivity index (χ0n) is 19.5. The van der Waals surface area contributed by atoms with Gasteiger partial charge < -0.3 is 15.3 Å². The van der Waals surface area contributed by atoms with E-state index in [4.69, 9.17) is 11.6 Å². The van der Waals surface area contributed by atoms with Gasteiger partial charge in [-0.1, -0.05) is 41.6 Å². The molecular weight excluding hydrogens is 484 g/mol. The summed E-state index contributed by atoms with van der Waals surface area (Å²) in [5, 5.41) is 21.8. The van der Waals surface area contributed by atoms with Gasteiger partial charge in [0.05, 0.1) is 36.3 Å². The van der Waals surface area contributed by atoms with Gasteiger partial charge in [0.25, 0.3) is 5.91 Å². The van der Waals surface area contributed by atoms with Crippen molar-refractivity contribution in [1.29, 1.82) is 0 Å². The minimum Gasteiger partial charge on any atom is -0.394 e. The van der Waals surface area contributed by atoms with Crippen LogP contribution in [0.4, 0.5) is 0 Å². The van der Waals surface area contributed by atoms with Gasteiger partial charge in [-0.2, -0.15) is 10.2 Å². The second-order valence-electron chi connectivity index (χ2n) is 8.49. The van der Waals surface area contributed by atoms with Crippen molar-refractivity contribution < 1.29 is 9.90 Å². The summed E-state index contributed by atoms with van der Waals surface area (Å²) in [6.07, 6.45) is 7.60. The Balaban J connectivity index is 1.38. The molecule has 1 aliphatic rings. The molecule has 0 saturated heterocycles. The zero-order chi connectivity index (χ0) is 24.7. The standard InChI is InChI=1S/C25H25ClN6O2S/c1-15-23(20-11-28-32-13-17(7-8-22(20)32)18-10-27-30(2)12-18)31(3)25(35-15)24(34)29-21(14-33)16-5-4-6-19(26)9-16/h4-13,21,25,33H,14H2,1-3H3,(H,29,34). The maximum atomic E-state index is 13.2. The average Bonchev–Trinajstić information content (AvgIpc) is 3.54. The lowest BCUT2D eigenvalue weighted by Crippen LogP contribution is -2.42. The zero-order valence-corrected chi connectivity index (χ0v) is 21.1. The number of carbonyl (C=O) groups excluding carboxylic acids is 1. The van der Waals surface area contributed by atoms with E-state index in [0.717, 1.165) is 38.4 Å². The Morgan fingerprint density at radius 2 is 2.00 bits per heavy atom. The van der Waals surface area contributed by atoms with Gasteiger partial charge in [0.15, 0.2) is 5.37 Å². The van der Waals surface area contributed by atoms with E-state index < -0.39 is 11.4 Å². The first-order chi connectivity index (χ1) is 16.9. The van der Waals surface area contributed by atoms with Crippen LogP contribution in [0.3, 0.4) is 0 Å². The fraction of sp³-hybridized carbons (Fsp3) is 0.240. The van der Waals surface area contributed by atoms with Crippen molar-refractivity contribution in [2.75, 3.05) is 13.7 Å². The molecule has 3 aromatic heterocycles. The van der Waals surface area contributed by atoms with Crippen molar-refractivity contribution in [2.45, 2.75) is 18.3 Å². The molecular formula is C25H25ClN6O2S. The SMILES string of the molecule is CC1=C(c2cnn3cc(-c4cnn(C)c4)ccc23)N(C)C(C(=O)NC(CO)c2cccc(Cl)c2)S1. The maximum Gasteiger partial charge on any atom is 0.254 e. The van der Waals surface area contributed by atoms with Gasteiger partial charge in [-0.05, 0) is 30.7 Å². The number of hydrogen-bond acceptors (Lipinski definition) is 6. The molecule has 2 N–H and O–H groups in total. The molecule has 8 nitrogen and oxygen atoms in total. The van der Waals surface area contributed by atoms with Crippen LogP contribution >= 0.6 is 23.4 Å². The van der Waals surface area contributed by atoms with Gasteiger partial charge in [0.1, 0.15) is 0 Å². The van der Waals surface area contributed by atoms with Gasteiger partial charge in [-0.25, -0.2) is 4.52 Å². The highest BCUT2D eigenvalue weighted by Gasteiger charge is 2.36. The first-order valence-corrected chi connectivity index (χ1v) is 12.4. The number of rotatable bonds is 6. The second kappa shape index (κ2) is 9.41. The normalized spacial score (nSPS) is 16.8. The quantitative estimate of drug-likeness (QED) is 0.410. The number of benzene rings is 1. The molecule has 180 valence electrons. The van der Waals surface area contributed by atoms with Gasteiger partial charge in [-0.15, -0.1) is 0 Å². The van der Waals surface area contributed by atoms with Crippen LogP contribution in [0.15, 0.2) is 66.1 Å². The molecule has 0 spiro atoms. The summed E-state index contributed by atoms with van der Waals surface area (Å²) in [6, 6.07) is 10.7. The number of carbonyl (C=O) groups is 1. The van der Waals surface area contributed by atoms with Crippen LogP contribution in [0, 0.1) is 0 Å². The Kier molecular flexibility index (Phi) is 6.31. The van der Waals surface area contributed by atoms with E-state index in [1.165, 1.54) is 11.8 Å². The van der Waals surface area contributed by atoms with E-state index in [0.29, 0.717) is 5.02 Å². The fourth-order valence-electron chi connectivity index (χ4n) is 4.39. The Hall–Kier alpha value is -3.27. The largest absolute Gasteiger partial charge is 0.394 e. The number of aliphatic hydroxyl groups is 1. The Labute approximate surface area is 212 Å². The molecule has 0 saturated carbocycles. The van der Waals surface area contributed by atoms with Gasteiger partial charge in [-0.3, -0.25) is 9.48 Å². The summed E-state index contributed by atoms with van der Waals surface area (Å²) in [4.78, 5) is 16.2. The van der Waals surface area contributed by atoms with Crippen molar-refractivity contribution in [3.63, 3.8) is 0 Å². The molecule has 1 amide bonds. The van der Waals surface area contributed by atoms with Crippen molar-refractivity contribution >= 4 is 40.5 Å². The lowest BCUT2D eigenvalue weighted by molar-refractivity contribution is -0.123. The topological polar surface area (TPSA) is 87.7 Å². The highest BCUT2D eigenvalue weighted by Crippen LogP contribution is 2.43.